The molecule has 3 aromatic rings. The predicted octanol–water partition coefficient (Wildman–Crippen LogP) is 2.35. The van der Waals surface area contributed by atoms with Crippen LogP contribution in [0.1, 0.15) is 32.7 Å². The van der Waals surface area contributed by atoms with E-state index in [0.29, 0.717) is 22.4 Å². The number of anilines is 1. The number of amides is 1. The lowest BCUT2D eigenvalue weighted by atomic mass is 9.50. The molecule has 3 N–H and O–H groups in total. The third-order valence-corrected chi connectivity index (χ3v) is 6.29. The summed E-state index contributed by atoms with van der Waals surface area (Å²) < 4.78 is 31.2. The van der Waals surface area contributed by atoms with E-state index in [4.69, 9.17) is 5.73 Å². The van der Waals surface area contributed by atoms with Crippen LogP contribution >= 0.6 is 0 Å². The van der Waals surface area contributed by atoms with Gasteiger partial charge in [-0.1, -0.05) is 18.2 Å². The molecule has 2 aliphatic rings. The van der Waals surface area contributed by atoms with Crippen molar-refractivity contribution >= 4 is 30.3 Å². The number of halogens is 2. The standard InChI is InChI=1S/C23H19BF2N4O2/c1-12-5-6-14(16(10-28-2)20(12)27)13-8-18-17(19(25)9-13)11-30-22(31)15-4-3-7-29-21(15)23(30,32)24(18)26/h3-10,32H,11,27H2,1-2H3. The highest BCUT2D eigenvalue weighted by atomic mass is 19.1. The Hall–Kier alpha value is -3.59. The molecule has 0 fully saturated rings. The molecular weight excluding hydrogens is 413 g/mol. The van der Waals surface area contributed by atoms with Crippen molar-refractivity contribution in [3.8, 4) is 11.1 Å². The molecule has 2 aliphatic heterocycles. The third kappa shape index (κ3) is 2.57. The van der Waals surface area contributed by atoms with E-state index < -0.39 is 24.3 Å². The third-order valence-electron chi connectivity index (χ3n) is 6.29. The van der Waals surface area contributed by atoms with Crippen LogP contribution in [0.5, 0.6) is 0 Å². The maximum Gasteiger partial charge on any atom is 0.444 e. The van der Waals surface area contributed by atoms with Crippen molar-refractivity contribution in [1.82, 2.24) is 9.88 Å². The quantitative estimate of drug-likeness (QED) is 0.370. The molecule has 0 saturated carbocycles. The molecule has 0 saturated heterocycles. The molecule has 2 aromatic carbocycles. The first-order valence-corrected chi connectivity index (χ1v) is 10.1. The number of aryl methyl sites for hydroxylation is 1. The lowest BCUT2D eigenvalue weighted by molar-refractivity contribution is -0.0352. The van der Waals surface area contributed by atoms with Gasteiger partial charge in [0.2, 0.25) is 0 Å². The summed E-state index contributed by atoms with van der Waals surface area (Å²) in [4.78, 5) is 21.8. The number of carbonyl (C=O) groups excluding carboxylic acids is 1. The Morgan fingerprint density at radius 2 is 2.09 bits per heavy atom. The molecule has 5 rings (SSSR count). The number of benzene rings is 2. The van der Waals surface area contributed by atoms with Crippen LogP contribution in [-0.2, 0) is 12.2 Å². The van der Waals surface area contributed by atoms with Gasteiger partial charge in [0.15, 0.2) is 5.62 Å². The molecule has 9 heteroatoms. The lowest BCUT2D eigenvalue weighted by Crippen LogP contribution is -2.62. The maximum absolute atomic E-state index is 15.9. The number of carbonyl (C=O) groups is 1. The van der Waals surface area contributed by atoms with Gasteiger partial charge in [-0.15, -0.1) is 0 Å². The van der Waals surface area contributed by atoms with E-state index in [9.17, 15) is 9.90 Å². The van der Waals surface area contributed by atoms with Gasteiger partial charge in [0.25, 0.3) is 5.91 Å². The second-order valence-corrected chi connectivity index (χ2v) is 8.05. The zero-order valence-corrected chi connectivity index (χ0v) is 17.4. The number of hydrogen-bond donors (Lipinski definition) is 2. The number of aliphatic hydroxyl groups is 1. The van der Waals surface area contributed by atoms with Crippen LogP contribution in [-0.4, -0.2) is 41.1 Å². The van der Waals surface area contributed by atoms with Gasteiger partial charge >= 0.3 is 6.99 Å². The van der Waals surface area contributed by atoms with Crippen molar-refractivity contribution in [2.75, 3.05) is 12.8 Å². The second-order valence-electron chi connectivity index (χ2n) is 8.05. The Morgan fingerprint density at radius 1 is 1.31 bits per heavy atom. The van der Waals surface area contributed by atoms with E-state index >= 15 is 8.71 Å². The SMILES string of the molecule is CN=Cc1c(-c2cc(F)c3c(c2)B(F)C2(O)c4ncccc4C(=O)N2C3)ccc(C)c1N. The van der Waals surface area contributed by atoms with E-state index in [1.54, 1.807) is 25.4 Å². The number of nitrogen functional groups attached to an aromatic ring is 1. The second kappa shape index (κ2) is 6.96. The van der Waals surface area contributed by atoms with E-state index in [1.165, 1.54) is 30.5 Å². The highest BCUT2D eigenvalue weighted by Crippen LogP contribution is 2.42. The van der Waals surface area contributed by atoms with Gasteiger partial charge in [0, 0.05) is 36.3 Å². The summed E-state index contributed by atoms with van der Waals surface area (Å²) in [5, 5.41) is 11.3. The van der Waals surface area contributed by atoms with Crippen LogP contribution in [0.25, 0.3) is 11.1 Å². The average Bonchev–Trinajstić information content (AvgIpc) is 3.01. The largest absolute Gasteiger partial charge is 0.444 e. The van der Waals surface area contributed by atoms with E-state index in [-0.39, 0.29) is 28.8 Å². The van der Waals surface area contributed by atoms with Crippen molar-refractivity contribution in [1.29, 1.82) is 0 Å². The van der Waals surface area contributed by atoms with Crippen molar-refractivity contribution < 1.29 is 18.6 Å². The van der Waals surface area contributed by atoms with Crippen LogP contribution in [0.3, 0.4) is 0 Å². The summed E-state index contributed by atoms with van der Waals surface area (Å²) in [6.07, 6.45) is 2.96. The summed E-state index contributed by atoms with van der Waals surface area (Å²) >= 11 is 0. The highest BCUT2D eigenvalue weighted by Gasteiger charge is 2.62. The molecule has 6 nitrogen and oxygen atoms in total. The number of fused-ring (bicyclic) bond motifs is 4. The van der Waals surface area contributed by atoms with E-state index in [2.05, 4.69) is 9.98 Å². The summed E-state index contributed by atoms with van der Waals surface area (Å²) in [6, 6.07) is 9.38. The highest BCUT2D eigenvalue weighted by molar-refractivity contribution is 6.70. The van der Waals surface area contributed by atoms with Crippen LogP contribution in [0.15, 0.2) is 47.6 Å². The van der Waals surface area contributed by atoms with E-state index in [0.717, 1.165) is 10.5 Å². The molecule has 0 aliphatic carbocycles. The minimum atomic E-state index is -2.30. The molecule has 32 heavy (non-hydrogen) atoms. The molecule has 1 amide bonds. The number of hydrogen-bond acceptors (Lipinski definition) is 5. The first-order valence-electron chi connectivity index (χ1n) is 10.1. The van der Waals surface area contributed by atoms with Gasteiger partial charge in [-0.25, -0.2) is 4.39 Å². The average molecular weight is 432 g/mol. The predicted molar refractivity (Wildman–Crippen MR) is 119 cm³/mol. The van der Waals surface area contributed by atoms with Gasteiger partial charge in [0.05, 0.1) is 12.1 Å². The lowest BCUT2D eigenvalue weighted by Gasteiger charge is -2.39. The summed E-state index contributed by atoms with van der Waals surface area (Å²) in [5.41, 5.74) is 6.88. The first kappa shape index (κ1) is 20.3. The molecule has 1 atom stereocenters. The fourth-order valence-electron chi connectivity index (χ4n) is 4.59. The molecule has 0 radical (unpaired) electrons. The van der Waals surface area contributed by atoms with Gasteiger partial charge in [-0.3, -0.25) is 14.8 Å². The number of aromatic nitrogens is 1. The number of aliphatic imine (C=N–C) groups is 1. The van der Waals surface area contributed by atoms with Crippen LogP contribution in [0, 0.1) is 12.7 Å². The fourth-order valence-corrected chi connectivity index (χ4v) is 4.59. The zero-order valence-electron chi connectivity index (χ0n) is 17.4. The van der Waals surface area contributed by atoms with Gasteiger partial charge in [-0.2, -0.15) is 0 Å². The normalized spacial score (nSPS) is 19.3. The summed E-state index contributed by atoms with van der Waals surface area (Å²) in [6.45, 7) is -0.512. The Morgan fingerprint density at radius 3 is 2.84 bits per heavy atom. The molecule has 0 spiro atoms. The van der Waals surface area contributed by atoms with Gasteiger partial charge in [0.1, 0.15) is 11.5 Å². The Balaban J connectivity index is 1.71. The van der Waals surface area contributed by atoms with Gasteiger partial charge < -0.3 is 20.1 Å². The summed E-state index contributed by atoms with van der Waals surface area (Å²) in [7, 11) is 1.60. The van der Waals surface area contributed by atoms with Crippen LogP contribution in [0.2, 0.25) is 0 Å². The Kier molecular flexibility index (Phi) is 4.42. The number of nitrogens with two attached hydrogens (primary N) is 1. The van der Waals surface area contributed by atoms with Crippen LogP contribution < -0.4 is 11.2 Å². The molecule has 1 unspecified atom stereocenters. The van der Waals surface area contributed by atoms with Crippen molar-refractivity contribution in [2.24, 2.45) is 4.99 Å². The molecular formula is C23H19BF2N4O2. The Bertz CT molecular complexity index is 1330. The number of nitrogens with zero attached hydrogens (tertiary/aromatic N) is 3. The van der Waals surface area contributed by atoms with Crippen molar-refractivity contribution in [3.63, 3.8) is 0 Å². The number of rotatable bonds is 2. The minimum absolute atomic E-state index is 0.0245. The first-order chi connectivity index (χ1) is 15.3. The zero-order chi connectivity index (χ0) is 22.8. The van der Waals surface area contributed by atoms with Crippen molar-refractivity contribution in [3.05, 3.63) is 76.4 Å². The maximum atomic E-state index is 15.9. The van der Waals surface area contributed by atoms with Crippen molar-refractivity contribution in [2.45, 2.75) is 19.1 Å². The van der Waals surface area contributed by atoms with E-state index in [1.807, 2.05) is 6.92 Å². The Labute approximate surface area is 183 Å². The molecule has 0 bridgehead atoms. The fraction of sp³-hybridized carbons (Fsp3) is 0.174. The molecule has 3 heterocycles. The monoisotopic (exact) mass is 432 g/mol. The number of pyridine rings is 1. The summed E-state index contributed by atoms with van der Waals surface area (Å²) in [5.74, 6) is -1.25. The molecule has 1 aromatic heterocycles. The van der Waals surface area contributed by atoms with Crippen LogP contribution in [0.4, 0.5) is 14.4 Å². The smallest absolute Gasteiger partial charge is 0.398 e. The minimum Gasteiger partial charge on any atom is -0.398 e. The van der Waals surface area contributed by atoms with Gasteiger partial charge in [-0.05, 0) is 47.3 Å². The topological polar surface area (TPSA) is 91.8 Å². The molecule has 160 valence electrons.